The fourth-order valence-electron chi connectivity index (χ4n) is 3.63. The molecule has 0 aliphatic heterocycles. The van der Waals surface area contributed by atoms with Crippen molar-refractivity contribution in [2.75, 3.05) is 13.7 Å². The zero-order valence-electron chi connectivity index (χ0n) is 14.3. The number of aryl methyl sites for hydroxylation is 1. The highest BCUT2D eigenvalue weighted by Gasteiger charge is 2.76. The molecule has 3 atom stereocenters. The van der Waals surface area contributed by atoms with Gasteiger partial charge in [0.25, 0.3) is 0 Å². The predicted octanol–water partition coefficient (Wildman–Crippen LogP) is 2.79. The van der Waals surface area contributed by atoms with Crippen molar-refractivity contribution in [2.45, 2.75) is 23.0 Å². The Hall–Kier alpha value is -2.25. The number of rotatable bonds is 6. The summed E-state index contributed by atoms with van der Waals surface area (Å²) in [5.74, 6) is -2.70. The molecule has 1 N–H and O–H groups in total. The molecule has 1 aliphatic carbocycles. The number of carboxylic acids is 1. The second-order valence-electron chi connectivity index (χ2n) is 6.59. The van der Waals surface area contributed by atoms with Crippen LogP contribution in [0.15, 0.2) is 53.4 Å². The summed E-state index contributed by atoms with van der Waals surface area (Å²) in [5.41, 5.74) is -0.417. The van der Waals surface area contributed by atoms with Crippen LogP contribution in [0.25, 0.3) is 0 Å². The summed E-state index contributed by atoms with van der Waals surface area (Å²) < 4.78 is 45.0. The third-order valence-electron chi connectivity index (χ3n) is 4.93. The molecule has 0 bridgehead atoms. The third kappa shape index (κ3) is 2.81. The van der Waals surface area contributed by atoms with Gasteiger partial charge in [0.05, 0.1) is 16.8 Å². The number of carbonyl (C=O) groups is 1. The van der Waals surface area contributed by atoms with Crippen molar-refractivity contribution in [2.24, 2.45) is 5.41 Å². The van der Waals surface area contributed by atoms with E-state index in [9.17, 15) is 22.7 Å². The van der Waals surface area contributed by atoms with Gasteiger partial charge in [-0.3, -0.25) is 4.79 Å². The van der Waals surface area contributed by atoms with Gasteiger partial charge in [-0.25, -0.2) is 12.8 Å². The van der Waals surface area contributed by atoms with Crippen LogP contribution in [-0.2, 0) is 19.4 Å². The first kappa shape index (κ1) is 18.5. The maximum atomic E-state index is 13.7. The van der Waals surface area contributed by atoms with Crippen LogP contribution < -0.4 is 0 Å². The molecule has 1 aliphatic rings. The minimum absolute atomic E-state index is 0.0498. The number of methoxy groups -OCH3 is 1. The first-order valence-corrected chi connectivity index (χ1v) is 9.58. The van der Waals surface area contributed by atoms with Crippen LogP contribution in [0, 0.1) is 18.2 Å². The van der Waals surface area contributed by atoms with Gasteiger partial charge in [-0.05, 0) is 36.8 Å². The van der Waals surface area contributed by atoms with Crippen molar-refractivity contribution in [3.05, 3.63) is 65.5 Å². The first-order valence-electron chi connectivity index (χ1n) is 8.03. The zero-order chi connectivity index (χ0) is 19.1. The highest BCUT2D eigenvalue weighted by atomic mass is 32.2. The van der Waals surface area contributed by atoms with E-state index >= 15 is 0 Å². The van der Waals surface area contributed by atoms with Crippen molar-refractivity contribution in [1.82, 2.24) is 0 Å². The lowest BCUT2D eigenvalue weighted by Gasteiger charge is -2.12. The predicted molar refractivity (Wildman–Crippen MR) is 93.2 cm³/mol. The van der Waals surface area contributed by atoms with Gasteiger partial charge in [-0.1, -0.05) is 29.8 Å². The Kier molecular flexibility index (Phi) is 4.62. The van der Waals surface area contributed by atoms with Gasteiger partial charge in [-0.2, -0.15) is 0 Å². The number of hydrogen-bond donors (Lipinski definition) is 1. The van der Waals surface area contributed by atoms with Crippen molar-refractivity contribution in [3.8, 4) is 0 Å². The van der Waals surface area contributed by atoms with E-state index in [0.717, 1.165) is 5.56 Å². The SMILES string of the molecule is COC[C@]1(C(=O)O)[C@H](c2cccc(F)c2)[C@H]1S(=O)(=O)c1ccc(C)cc1. The van der Waals surface area contributed by atoms with Crippen LogP contribution in [0.5, 0.6) is 0 Å². The lowest BCUT2D eigenvalue weighted by molar-refractivity contribution is -0.145. The average molecular weight is 378 g/mol. The van der Waals surface area contributed by atoms with E-state index in [1.807, 2.05) is 6.92 Å². The molecule has 7 heteroatoms. The Balaban J connectivity index is 2.13. The molecule has 2 aromatic carbocycles. The summed E-state index contributed by atoms with van der Waals surface area (Å²) in [7, 11) is -2.63. The number of halogens is 1. The Morgan fingerprint density at radius 2 is 1.88 bits per heavy atom. The van der Waals surface area contributed by atoms with Crippen molar-refractivity contribution in [3.63, 3.8) is 0 Å². The highest BCUT2D eigenvalue weighted by molar-refractivity contribution is 7.92. The number of ether oxygens (including phenoxy) is 1. The van der Waals surface area contributed by atoms with Crippen molar-refractivity contribution >= 4 is 15.8 Å². The molecule has 26 heavy (non-hydrogen) atoms. The minimum Gasteiger partial charge on any atom is -0.481 e. The van der Waals surface area contributed by atoms with E-state index < -0.39 is 38.2 Å². The van der Waals surface area contributed by atoms with E-state index in [-0.39, 0.29) is 11.5 Å². The Bertz CT molecular complexity index is 939. The Labute approximate surface area is 151 Å². The molecule has 0 unspecified atom stereocenters. The van der Waals surface area contributed by atoms with Gasteiger partial charge in [0.2, 0.25) is 0 Å². The normalized spacial score (nSPS) is 25.0. The fourth-order valence-corrected chi connectivity index (χ4v) is 5.99. The van der Waals surface area contributed by atoms with Crippen LogP contribution in [0.1, 0.15) is 17.0 Å². The van der Waals surface area contributed by atoms with Gasteiger partial charge < -0.3 is 9.84 Å². The van der Waals surface area contributed by atoms with E-state index in [4.69, 9.17) is 4.74 Å². The molecule has 1 saturated carbocycles. The minimum atomic E-state index is -3.95. The number of hydrogen-bond acceptors (Lipinski definition) is 4. The number of sulfone groups is 1. The Morgan fingerprint density at radius 3 is 2.42 bits per heavy atom. The topological polar surface area (TPSA) is 80.7 Å². The molecule has 138 valence electrons. The van der Waals surface area contributed by atoms with Crippen LogP contribution in [0.2, 0.25) is 0 Å². The van der Waals surface area contributed by atoms with Gasteiger partial charge in [-0.15, -0.1) is 0 Å². The standard InChI is InChI=1S/C19H19FO5S/c1-12-6-8-15(9-7-12)26(23,24)17-16(13-4-3-5-14(20)10-13)19(17,11-25-2)18(21)22/h3-10,16-17H,11H2,1-2H3,(H,21,22)/t16-,17-,19+/m1/s1. The largest absolute Gasteiger partial charge is 0.481 e. The summed E-state index contributed by atoms with van der Waals surface area (Å²) in [6.45, 7) is 1.55. The fraction of sp³-hybridized carbons (Fsp3) is 0.316. The molecule has 5 nitrogen and oxygen atoms in total. The van der Waals surface area contributed by atoms with Gasteiger partial charge in [0.15, 0.2) is 9.84 Å². The van der Waals surface area contributed by atoms with E-state index in [1.165, 1.54) is 37.4 Å². The van der Waals surface area contributed by atoms with Crippen molar-refractivity contribution < 1.29 is 27.4 Å². The molecule has 0 heterocycles. The zero-order valence-corrected chi connectivity index (χ0v) is 15.2. The summed E-state index contributed by atoms with van der Waals surface area (Å²) in [6, 6.07) is 11.6. The summed E-state index contributed by atoms with van der Waals surface area (Å²) in [5, 5.41) is 8.60. The molecular weight excluding hydrogens is 359 g/mol. The Morgan fingerprint density at radius 1 is 1.23 bits per heavy atom. The van der Waals surface area contributed by atoms with E-state index in [1.54, 1.807) is 18.2 Å². The van der Waals surface area contributed by atoms with Crippen LogP contribution >= 0.6 is 0 Å². The monoisotopic (exact) mass is 378 g/mol. The van der Waals surface area contributed by atoms with E-state index in [2.05, 4.69) is 0 Å². The molecule has 0 saturated heterocycles. The summed E-state index contributed by atoms with van der Waals surface area (Å²) >= 11 is 0. The van der Waals surface area contributed by atoms with E-state index in [0.29, 0.717) is 5.56 Å². The molecule has 2 aromatic rings. The molecular formula is C19H19FO5S. The van der Waals surface area contributed by atoms with Crippen LogP contribution in [0.4, 0.5) is 4.39 Å². The molecule has 0 radical (unpaired) electrons. The highest BCUT2D eigenvalue weighted by Crippen LogP contribution is 2.64. The van der Waals surface area contributed by atoms with Crippen LogP contribution in [0.3, 0.4) is 0 Å². The molecule has 1 fully saturated rings. The molecule has 3 rings (SSSR count). The number of benzene rings is 2. The maximum Gasteiger partial charge on any atom is 0.314 e. The molecule has 0 aromatic heterocycles. The maximum absolute atomic E-state index is 13.7. The average Bonchev–Trinajstić information content (AvgIpc) is 3.27. The smallest absolute Gasteiger partial charge is 0.314 e. The summed E-state index contributed by atoms with van der Waals surface area (Å²) in [6.07, 6.45) is 0. The molecule has 0 spiro atoms. The lowest BCUT2D eigenvalue weighted by Crippen LogP contribution is -2.28. The first-order chi connectivity index (χ1) is 12.2. The third-order valence-corrected chi connectivity index (χ3v) is 7.22. The van der Waals surface area contributed by atoms with Crippen LogP contribution in [-0.4, -0.2) is 38.5 Å². The lowest BCUT2D eigenvalue weighted by atomic mass is 10.00. The molecule has 0 amide bonds. The second kappa shape index (κ2) is 6.48. The summed E-state index contributed by atoms with van der Waals surface area (Å²) in [4.78, 5) is 12.1. The quantitative estimate of drug-likeness (QED) is 0.836. The van der Waals surface area contributed by atoms with Gasteiger partial charge in [0.1, 0.15) is 11.2 Å². The number of aliphatic carboxylic acids is 1. The van der Waals surface area contributed by atoms with Gasteiger partial charge >= 0.3 is 5.97 Å². The number of carboxylic acid groups (broad SMARTS) is 1. The second-order valence-corrected chi connectivity index (χ2v) is 8.66. The van der Waals surface area contributed by atoms with Gasteiger partial charge in [0, 0.05) is 13.0 Å². The van der Waals surface area contributed by atoms with Crippen molar-refractivity contribution in [1.29, 1.82) is 0 Å².